The van der Waals surface area contributed by atoms with E-state index in [-0.39, 0.29) is 5.75 Å². The van der Waals surface area contributed by atoms with Crippen molar-refractivity contribution in [3.63, 3.8) is 0 Å². The van der Waals surface area contributed by atoms with E-state index >= 15 is 0 Å². The van der Waals surface area contributed by atoms with Gasteiger partial charge >= 0.3 is 0 Å². The topological polar surface area (TPSA) is 34.1 Å². The summed E-state index contributed by atoms with van der Waals surface area (Å²) in [7, 11) is -2.83. The van der Waals surface area contributed by atoms with Crippen molar-refractivity contribution in [1.29, 1.82) is 0 Å². The zero-order valence-corrected chi connectivity index (χ0v) is 8.83. The summed E-state index contributed by atoms with van der Waals surface area (Å²) in [4.78, 5) is 0. The van der Waals surface area contributed by atoms with Gasteiger partial charge in [0, 0.05) is 5.75 Å². The summed E-state index contributed by atoms with van der Waals surface area (Å²) in [6.45, 7) is 1.63. The summed E-state index contributed by atoms with van der Waals surface area (Å²) in [5.41, 5.74) is 0. The predicted octanol–water partition coefficient (Wildman–Crippen LogP) is 1.53. The van der Waals surface area contributed by atoms with Gasteiger partial charge in [0.1, 0.15) is 0 Å². The number of hydrogen-bond donors (Lipinski definition) is 0. The van der Waals surface area contributed by atoms with E-state index < -0.39 is 12.0 Å². The van der Waals surface area contributed by atoms with Crippen molar-refractivity contribution >= 4 is 48.4 Å². The molecular formula is C3H6BrIO2S. The Morgan fingerprint density at radius 3 is 2.12 bits per heavy atom. The molecule has 0 rings (SSSR count). The molecule has 0 aromatic rings. The van der Waals surface area contributed by atoms with Crippen LogP contribution < -0.4 is 0 Å². The maximum Gasteiger partial charge on any atom is 0.172 e. The molecule has 0 aromatic carbocycles. The van der Waals surface area contributed by atoms with Crippen LogP contribution in [0.15, 0.2) is 0 Å². The molecule has 0 saturated carbocycles. The van der Waals surface area contributed by atoms with Gasteiger partial charge in [-0.2, -0.15) is 0 Å². The first-order valence-electron chi connectivity index (χ1n) is 2.00. The van der Waals surface area contributed by atoms with Gasteiger partial charge < -0.3 is 0 Å². The molecule has 0 radical (unpaired) electrons. The van der Waals surface area contributed by atoms with E-state index in [2.05, 4.69) is 15.9 Å². The van der Waals surface area contributed by atoms with Crippen LogP contribution in [0.4, 0.5) is 0 Å². The molecular weight excluding hydrogens is 307 g/mol. The lowest BCUT2D eigenvalue weighted by atomic mass is 11.0. The average molecular weight is 313 g/mol. The Balaban J connectivity index is 4.17. The highest BCUT2D eigenvalue weighted by atomic mass is 127. The molecule has 8 heavy (non-hydrogen) atoms. The van der Waals surface area contributed by atoms with Gasteiger partial charge in [0.2, 0.25) is 0 Å². The van der Waals surface area contributed by atoms with Crippen LogP contribution in [0, 0.1) is 0 Å². The second kappa shape index (κ2) is 3.36. The van der Waals surface area contributed by atoms with E-state index in [9.17, 15) is 8.42 Å². The van der Waals surface area contributed by atoms with Gasteiger partial charge in [0.05, 0.1) is 0 Å². The molecule has 0 bridgehead atoms. The molecule has 0 fully saturated rings. The molecule has 0 aliphatic heterocycles. The third-order valence-corrected chi connectivity index (χ3v) is 6.05. The highest BCUT2D eigenvalue weighted by Gasteiger charge is 2.15. The first-order chi connectivity index (χ1) is 3.50. The lowest BCUT2D eigenvalue weighted by Gasteiger charge is -1.97. The number of hydrogen-bond acceptors (Lipinski definition) is 2. The first kappa shape index (κ1) is 9.16. The summed E-state index contributed by atoms with van der Waals surface area (Å²) >= 11 is 4.77. The highest BCUT2D eigenvalue weighted by molar-refractivity contribution is 14.1. The number of alkyl halides is 2. The van der Waals surface area contributed by atoms with Crippen molar-refractivity contribution in [2.75, 3.05) is 5.75 Å². The molecule has 0 aliphatic rings. The van der Waals surface area contributed by atoms with E-state index in [0.717, 1.165) is 0 Å². The van der Waals surface area contributed by atoms with Crippen molar-refractivity contribution in [3.8, 4) is 0 Å². The third-order valence-electron chi connectivity index (χ3n) is 0.674. The van der Waals surface area contributed by atoms with E-state index in [0.29, 0.717) is 0 Å². The molecule has 0 N–H and O–H groups in total. The Morgan fingerprint density at radius 1 is 1.75 bits per heavy atom. The molecule has 5 heteroatoms. The summed E-state index contributed by atoms with van der Waals surface area (Å²) in [5.74, 6) is 0.200. The van der Waals surface area contributed by atoms with E-state index in [1.165, 1.54) is 0 Å². The van der Waals surface area contributed by atoms with Crippen LogP contribution in [-0.2, 0) is 9.84 Å². The molecule has 0 amide bonds. The molecule has 2 nitrogen and oxygen atoms in total. The van der Waals surface area contributed by atoms with Gasteiger partial charge in [-0.15, -0.1) is 0 Å². The Kier molecular flexibility index (Phi) is 3.85. The lowest BCUT2D eigenvalue weighted by molar-refractivity contribution is 0.601. The highest BCUT2D eigenvalue weighted by Crippen LogP contribution is 2.16. The fourth-order valence-corrected chi connectivity index (χ4v) is 2.25. The molecule has 1 atom stereocenters. The smallest absolute Gasteiger partial charge is 0.172 e. The minimum absolute atomic E-state index is 0.200. The van der Waals surface area contributed by atoms with Crippen LogP contribution in [0.1, 0.15) is 6.92 Å². The predicted molar refractivity (Wildman–Crippen MR) is 46.2 cm³/mol. The number of halogens is 2. The Hall–Kier alpha value is 1.16. The SMILES string of the molecule is CCS(=O)(=O)C(Br)I. The van der Waals surface area contributed by atoms with Crippen molar-refractivity contribution in [1.82, 2.24) is 0 Å². The molecule has 0 spiro atoms. The fraction of sp³-hybridized carbons (Fsp3) is 1.00. The summed E-state index contributed by atoms with van der Waals surface area (Å²) in [6, 6.07) is 0. The van der Waals surface area contributed by atoms with E-state index in [1.54, 1.807) is 6.92 Å². The molecule has 0 aliphatic carbocycles. The van der Waals surface area contributed by atoms with Gasteiger partial charge in [-0.3, -0.25) is 0 Å². The monoisotopic (exact) mass is 312 g/mol. The largest absolute Gasteiger partial charge is 0.227 e. The maximum absolute atomic E-state index is 10.6. The quantitative estimate of drug-likeness (QED) is 0.572. The van der Waals surface area contributed by atoms with E-state index in [1.807, 2.05) is 22.6 Å². The molecule has 0 aromatic heterocycles. The van der Waals surface area contributed by atoms with Gasteiger partial charge in [0.15, 0.2) is 12.0 Å². The molecule has 0 saturated heterocycles. The van der Waals surface area contributed by atoms with E-state index in [4.69, 9.17) is 0 Å². The first-order valence-corrected chi connectivity index (χ1v) is 5.88. The van der Waals surface area contributed by atoms with Crippen LogP contribution in [0.5, 0.6) is 0 Å². The van der Waals surface area contributed by atoms with Gasteiger partial charge in [0.25, 0.3) is 0 Å². The van der Waals surface area contributed by atoms with Gasteiger partial charge in [-0.1, -0.05) is 45.4 Å². The fourth-order valence-electron chi connectivity index (χ4n) is 0.126. The number of sulfone groups is 1. The Labute approximate surface area is 71.2 Å². The maximum atomic E-state index is 10.6. The zero-order chi connectivity index (χ0) is 6.78. The van der Waals surface area contributed by atoms with Crippen LogP contribution in [-0.4, -0.2) is 16.3 Å². The average Bonchev–Trinajstić information content (AvgIpc) is 1.67. The summed E-state index contributed by atoms with van der Waals surface area (Å²) in [6.07, 6.45) is 0. The minimum atomic E-state index is -2.83. The Bertz CT molecular complexity index is 151. The number of rotatable bonds is 2. The normalized spacial score (nSPS) is 15.9. The molecule has 1 unspecified atom stereocenters. The van der Waals surface area contributed by atoms with Crippen LogP contribution in [0.2, 0.25) is 0 Å². The van der Waals surface area contributed by atoms with Crippen LogP contribution >= 0.6 is 38.5 Å². The Morgan fingerprint density at radius 2 is 2.12 bits per heavy atom. The van der Waals surface area contributed by atoms with Gasteiger partial charge in [-0.05, 0) is 0 Å². The van der Waals surface area contributed by atoms with Crippen molar-refractivity contribution in [3.05, 3.63) is 0 Å². The van der Waals surface area contributed by atoms with Gasteiger partial charge in [-0.25, -0.2) is 8.42 Å². The van der Waals surface area contributed by atoms with Crippen molar-refractivity contribution in [2.24, 2.45) is 0 Å². The summed E-state index contributed by atoms with van der Waals surface area (Å²) in [5, 5.41) is 0. The minimum Gasteiger partial charge on any atom is -0.227 e. The van der Waals surface area contributed by atoms with Crippen LogP contribution in [0.25, 0.3) is 0 Å². The van der Waals surface area contributed by atoms with Crippen molar-refractivity contribution in [2.45, 2.75) is 9.09 Å². The third kappa shape index (κ3) is 2.63. The van der Waals surface area contributed by atoms with Crippen LogP contribution in [0.3, 0.4) is 0 Å². The second-order valence-electron chi connectivity index (χ2n) is 1.21. The zero-order valence-electron chi connectivity index (χ0n) is 4.27. The molecule has 50 valence electrons. The molecule has 0 heterocycles. The summed E-state index contributed by atoms with van der Waals surface area (Å²) < 4.78 is 20.9. The standard InChI is InChI=1S/C3H6BrIO2S/c1-2-8(6,7)3(4)5/h3H,2H2,1H3. The lowest BCUT2D eigenvalue weighted by Crippen LogP contribution is -2.09. The second-order valence-corrected chi connectivity index (χ2v) is 8.91. The van der Waals surface area contributed by atoms with Crippen molar-refractivity contribution < 1.29 is 8.42 Å².